The number of fused-ring (bicyclic) bond motifs is 1. The summed E-state index contributed by atoms with van der Waals surface area (Å²) >= 11 is 5.96. The lowest BCUT2D eigenvalue weighted by molar-refractivity contribution is -0.136. The molecule has 0 spiro atoms. The van der Waals surface area contributed by atoms with E-state index in [1.165, 1.54) is 39.2 Å². The first-order valence-corrected chi connectivity index (χ1v) is 38.7. The maximum absolute atomic E-state index is 14.7. The average Bonchev–Trinajstić information content (AvgIpc) is 1.41. The Hall–Kier alpha value is -8.79. The van der Waals surface area contributed by atoms with Crippen molar-refractivity contribution in [1.29, 1.82) is 0 Å². The summed E-state index contributed by atoms with van der Waals surface area (Å²) in [4.78, 5) is 127. The van der Waals surface area contributed by atoms with Crippen LogP contribution >= 0.6 is 33.2 Å². The molecule has 1 unspecified atom stereocenters. The molecule has 1 aliphatic carbocycles. The maximum atomic E-state index is 14.7. The number of sulfonamides is 1. The van der Waals surface area contributed by atoms with E-state index < -0.39 is 125 Å². The molecule has 32 heteroatoms. The van der Waals surface area contributed by atoms with Crippen LogP contribution in [0.1, 0.15) is 97.8 Å². The van der Waals surface area contributed by atoms with Gasteiger partial charge in [-0.15, -0.1) is 0 Å². The fourth-order valence-electron chi connectivity index (χ4n) is 11.5. The second kappa shape index (κ2) is 41.6. The molecule has 8 rings (SSSR count). The van der Waals surface area contributed by atoms with Gasteiger partial charge in [-0.05, 0) is 124 Å². The highest BCUT2D eigenvalue weighted by molar-refractivity contribution is 8.76. The van der Waals surface area contributed by atoms with Gasteiger partial charge in [-0.25, -0.2) is 17.9 Å². The number of aliphatic hydroxyl groups excluding tert-OH is 3. The zero-order valence-electron chi connectivity index (χ0n) is 58.1. The third-order valence-corrected chi connectivity index (χ3v) is 21.4. The summed E-state index contributed by atoms with van der Waals surface area (Å²) < 4.78 is 32.2. The third-order valence-electron chi connectivity index (χ3n) is 17.4. The highest BCUT2D eigenvalue weighted by Crippen LogP contribution is 2.26. The van der Waals surface area contributed by atoms with Crippen LogP contribution in [-0.4, -0.2) is 187 Å². The third kappa shape index (κ3) is 25.8. The summed E-state index contributed by atoms with van der Waals surface area (Å²) in [5.74, 6) is -5.90. The molecule has 28 nitrogen and oxygen atoms in total. The molecule has 2 fully saturated rings. The van der Waals surface area contributed by atoms with Gasteiger partial charge >= 0.3 is 6.03 Å². The van der Waals surface area contributed by atoms with Gasteiger partial charge in [0.25, 0.3) is 15.9 Å². The number of nitrogens with two attached hydrogens (primary N) is 2. The lowest BCUT2D eigenvalue weighted by atomic mass is 9.96. The first kappa shape index (κ1) is 82.5. The van der Waals surface area contributed by atoms with E-state index in [1.807, 2.05) is 30.3 Å². The van der Waals surface area contributed by atoms with Gasteiger partial charge in [-0.2, -0.15) is 0 Å². The summed E-state index contributed by atoms with van der Waals surface area (Å²) in [5, 5.41) is 56.5. The van der Waals surface area contributed by atoms with Crippen molar-refractivity contribution in [3.63, 3.8) is 0 Å². The van der Waals surface area contributed by atoms with Gasteiger partial charge < -0.3 is 84.4 Å². The zero-order chi connectivity index (χ0) is 75.3. The topological polar surface area (TPSA) is 446 Å². The Balaban J connectivity index is 0.000000380. The number of aromatic amines is 1. The number of nitrogens with one attached hydrogen (secondary N) is 11. The number of aromatic nitrogens is 1. The van der Waals surface area contributed by atoms with Crippen LogP contribution in [0.3, 0.4) is 0 Å². The van der Waals surface area contributed by atoms with Gasteiger partial charge in [-0.3, -0.25) is 38.4 Å². The molecule has 6 aromatic rings. The molecule has 5 aromatic carbocycles. The fourth-order valence-corrected chi connectivity index (χ4v) is 14.9. The number of unbranched alkanes of at least 4 members (excludes halogenated alkanes) is 1. The number of urea groups is 1. The van der Waals surface area contributed by atoms with Gasteiger partial charge in [0.1, 0.15) is 42.0 Å². The van der Waals surface area contributed by atoms with Crippen molar-refractivity contribution in [2.45, 2.75) is 162 Å². The highest BCUT2D eigenvalue weighted by Gasteiger charge is 2.37. The minimum Gasteiger partial charge on any atom is -0.496 e. The van der Waals surface area contributed by atoms with Crippen molar-refractivity contribution in [2.24, 2.45) is 11.5 Å². The zero-order valence-corrected chi connectivity index (χ0v) is 61.3. The van der Waals surface area contributed by atoms with Gasteiger partial charge in [-0.1, -0.05) is 143 Å². The smallest absolute Gasteiger partial charge is 0.328 e. The second-order valence-corrected chi connectivity index (χ2v) is 30.1. The number of benzene rings is 5. The van der Waals surface area contributed by atoms with E-state index in [4.69, 9.17) is 27.8 Å². The molecule has 10 amide bonds. The predicted octanol–water partition coefficient (Wildman–Crippen LogP) is 2.84. The standard InChI is InChI=1S/C49H66N10O10S2.C23H28ClN3O5S/c1-28(61)39(25-60)56-48(68)41-27-71-70-26-40(57-43(63)34(51)21-30-13-5-3-6-14-30)47(67)54-37(22-31-15-7-4-8-16-31)45(65)55-38(23-32-24-52-35-18-10-9-17-33(32)35)46(66)53-36(19-11-12-20-50)44(64)59-42(29(2)62)49(69)58-41;1-32-21-12-9-17(24)15-20(21)22(28)25-14-13-16-7-10-19(11-8-16)33(30,31)27-23(29)26-18-5-3-2-4-6-18/h3-10,13-18,24,28-29,34,36-42,52,60-62H,11-12,19-23,25-27,50-51H2,1-2H3,(H,53,66)(H,54,67)(H,55,65)(H,56,68)(H,57,63)(H,58,69)(H,59,64);7-12,15,18H,2-6,13-14H2,1H3,(H,25,28)(H2,26,27,29)/t28-,29?,34-,36+,37+,38-,39-,40+,41+,42+;/m1./s1. The van der Waals surface area contributed by atoms with E-state index >= 15 is 0 Å². The van der Waals surface area contributed by atoms with Crippen LogP contribution in [-0.2, 0) is 69.3 Å². The van der Waals surface area contributed by atoms with E-state index in [1.54, 1.807) is 85.1 Å². The summed E-state index contributed by atoms with van der Waals surface area (Å²) in [5.41, 5.74) is 16.2. The molecule has 0 radical (unpaired) electrons. The van der Waals surface area contributed by atoms with Crippen molar-refractivity contribution in [2.75, 3.05) is 38.3 Å². The number of hydrogen-bond acceptors (Lipinski definition) is 19. The van der Waals surface area contributed by atoms with Crippen molar-refractivity contribution in [3.05, 3.63) is 166 Å². The van der Waals surface area contributed by atoms with E-state index in [0.29, 0.717) is 53.3 Å². The molecule has 562 valence electrons. The molecular weight excluding hydrogens is 1420 g/mol. The minimum absolute atomic E-state index is 0.00209. The van der Waals surface area contributed by atoms with Crippen LogP contribution in [0.2, 0.25) is 5.02 Å². The number of methoxy groups -OCH3 is 1. The van der Waals surface area contributed by atoms with E-state index in [2.05, 4.69) is 57.6 Å². The lowest BCUT2D eigenvalue weighted by Crippen LogP contribution is -2.62. The number of carbonyl (C=O) groups excluding carboxylic acids is 9. The number of amides is 10. The molecule has 104 heavy (non-hydrogen) atoms. The summed E-state index contributed by atoms with van der Waals surface area (Å²) in [7, 11) is -0.432. The Kier molecular flexibility index (Phi) is 33.0. The molecule has 18 N–H and O–H groups in total. The number of para-hydroxylation sites is 1. The number of hydrogen-bond donors (Lipinski definition) is 16. The molecule has 1 aliphatic heterocycles. The number of halogens is 1. The van der Waals surface area contributed by atoms with Crippen molar-refractivity contribution in [3.8, 4) is 5.75 Å². The molecule has 2 aliphatic rings. The average molecular weight is 1510 g/mol. The first-order chi connectivity index (χ1) is 49.9. The number of H-pyrrole nitrogens is 1. The monoisotopic (exact) mass is 1510 g/mol. The van der Waals surface area contributed by atoms with E-state index in [0.717, 1.165) is 75.7 Å². The summed E-state index contributed by atoms with van der Waals surface area (Å²) in [6, 6.07) is 24.9. The molecule has 2 heterocycles. The van der Waals surface area contributed by atoms with Gasteiger partial charge in [0.15, 0.2) is 0 Å². The van der Waals surface area contributed by atoms with Crippen molar-refractivity contribution in [1.82, 2.24) is 57.6 Å². The summed E-state index contributed by atoms with van der Waals surface area (Å²) in [6.45, 7) is 2.56. The Bertz CT molecular complexity index is 3950. The van der Waals surface area contributed by atoms with Crippen LogP contribution < -0.4 is 68.8 Å². The largest absolute Gasteiger partial charge is 0.496 e. The fraction of sp³-hybridized carbons (Fsp3) is 0.431. The van der Waals surface area contributed by atoms with Crippen molar-refractivity contribution < 1.29 is 71.6 Å². The quantitative estimate of drug-likeness (QED) is 0.0289. The Morgan fingerprint density at radius 2 is 1.33 bits per heavy atom. The Morgan fingerprint density at radius 1 is 0.702 bits per heavy atom. The van der Waals surface area contributed by atoms with Crippen LogP contribution in [0.5, 0.6) is 5.75 Å². The van der Waals surface area contributed by atoms with Gasteiger partial charge in [0.2, 0.25) is 41.4 Å². The van der Waals surface area contributed by atoms with Crippen LogP contribution in [0, 0.1) is 0 Å². The normalized spacial score (nSPS) is 20.1. The van der Waals surface area contributed by atoms with Crippen LogP contribution in [0.4, 0.5) is 4.79 Å². The molecular formula is C72H94ClN13O15S3. The second-order valence-electron chi connectivity index (χ2n) is 25.4. The molecule has 1 aromatic heterocycles. The van der Waals surface area contributed by atoms with Gasteiger partial charge in [0.05, 0.1) is 48.5 Å². The molecule has 10 atom stereocenters. The highest BCUT2D eigenvalue weighted by atomic mass is 35.5. The summed E-state index contributed by atoms with van der Waals surface area (Å²) in [6.07, 6.45) is 5.27. The van der Waals surface area contributed by atoms with Crippen LogP contribution in [0.25, 0.3) is 10.9 Å². The van der Waals surface area contributed by atoms with Crippen molar-refractivity contribution >= 4 is 107 Å². The number of carbonyl (C=O) groups is 9. The van der Waals surface area contributed by atoms with Crippen LogP contribution in [0.15, 0.2) is 138 Å². The lowest BCUT2D eigenvalue weighted by Gasteiger charge is -2.29. The van der Waals surface area contributed by atoms with E-state index in [-0.39, 0.29) is 60.6 Å². The number of aliphatic hydroxyl groups is 3. The molecule has 1 saturated carbocycles. The first-order valence-electron chi connectivity index (χ1n) is 34.3. The molecule has 1 saturated heterocycles. The Labute approximate surface area is 617 Å². The Morgan fingerprint density at radius 3 is 1.98 bits per heavy atom. The van der Waals surface area contributed by atoms with Gasteiger partial charge in [0, 0.05) is 59.1 Å². The number of ether oxygens (including phenoxy) is 1. The minimum atomic E-state index is -3.97. The maximum Gasteiger partial charge on any atom is 0.328 e. The van der Waals surface area contributed by atoms with E-state index in [9.17, 15) is 66.9 Å². The predicted molar refractivity (Wildman–Crippen MR) is 398 cm³/mol. The SMILES string of the molecule is CC(O)[C@@H]1NC(=O)[C@H](CCCCN)NC(=O)[C@@H](Cc2c[nH]c3ccccc23)NC(=O)[C@H](Cc2ccccc2)NC(=O)[C@@H](NC(=O)[C@H](N)Cc2ccccc2)CSSC[C@@H](C(=O)N[C@H](CO)[C@@H](C)O)NC1=O.COc1ccc(Cl)cc1C(=O)NCCc1ccc(S(=O)(=O)NC(=O)NC2CCCCC2)cc1. The molecule has 0 bridgehead atoms. The number of rotatable bonds is 25.